The van der Waals surface area contributed by atoms with Crippen LogP contribution in [0.15, 0.2) is 34.6 Å². The minimum Gasteiger partial charge on any atom is -0.325 e. The van der Waals surface area contributed by atoms with Crippen molar-refractivity contribution in [3.63, 3.8) is 0 Å². The van der Waals surface area contributed by atoms with Gasteiger partial charge in [-0.1, -0.05) is 6.07 Å². The number of hydrogen-bond donors (Lipinski definition) is 1. The molecule has 1 aliphatic heterocycles. The molecule has 7 heteroatoms. The number of amides is 3. The highest BCUT2D eigenvalue weighted by molar-refractivity contribution is 8.18. The van der Waals surface area contributed by atoms with Crippen LogP contribution in [0.25, 0.3) is 6.08 Å². The second kappa shape index (κ2) is 7.47. The van der Waals surface area contributed by atoms with Crippen LogP contribution in [0.1, 0.15) is 21.6 Å². The van der Waals surface area contributed by atoms with E-state index in [1.54, 1.807) is 12.1 Å². The number of anilines is 1. The highest BCUT2D eigenvalue weighted by Gasteiger charge is 2.36. The Bertz CT molecular complexity index is 931. The molecule has 1 aliphatic rings. The van der Waals surface area contributed by atoms with Crippen LogP contribution < -0.4 is 5.32 Å². The molecule has 134 valence electrons. The van der Waals surface area contributed by atoms with E-state index in [1.165, 1.54) is 11.3 Å². The summed E-state index contributed by atoms with van der Waals surface area (Å²) in [6.07, 6.45) is 1.71. The lowest BCUT2D eigenvalue weighted by Crippen LogP contribution is -2.36. The lowest BCUT2D eigenvalue weighted by molar-refractivity contribution is -0.127. The second-order valence-electron chi connectivity index (χ2n) is 6.08. The zero-order valence-corrected chi connectivity index (χ0v) is 16.3. The third kappa shape index (κ3) is 3.89. The largest absolute Gasteiger partial charge is 0.325 e. The Labute approximate surface area is 160 Å². The number of carbonyl (C=O) groups is 3. The smallest absolute Gasteiger partial charge is 0.294 e. The van der Waals surface area contributed by atoms with E-state index in [-0.39, 0.29) is 6.54 Å². The molecule has 0 atom stereocenters. The van der Waals surface area contributed by atoms with Gasteiger partial charge in [-0.25, -0.2) is 0 Å². The van der Waals surface area contributed by atoms with E-state index < -0.39 is 17.1 Å². The zero-order chi connectivity index (χ0) is 18.8. The first kappa shape index (κ1) is 18.4. The fraction of sp³-hybridized carbons (Fsp3) is 0.211. The zero-order valence-electron chi connectivity index (χ0n) is 14.7. The number of imide groups is 1. The number of carbonyl (C=O) groups excluding carboxylic acids is 3. The topological polar surface area (TPSA) is 66.5 Å². The fourth-order valence-corrected chi connectivity index (χ4v) is 4.20. The third-order valence-electron chi connectivity index (χ3n) is 4.13. The lowest BCUT2D eigenvalue weighted by atomic mass is 10.1. The van der Waals surface area contributed by atoms with Crippen molar-refractivity contribution in [1.82, 2.24) is 4.90 Å². The van der Waals surface area contributed by atoms with Crippen molar-refractivity contribution in [2.24, 2.45) is 0 Å². The average molecular weight is 386 g/mol. The van der Waals surface area contributed by atoms with E-state index in [4.69, 9.17) is 0 Å². The van der Waals surface area contributed by atoms with E-state index in [0.29, 0.717) is 10.6 Å². The first-order chi connectivity index (χ1) is 12.3. The summed E-state index contributed by atoms with van der Waals surface area (Å²) >= 11 is 2.37. The molecule has 0 unspecified atom stereocenters. The normalized spacial score (nSPS) is 15.8. The van der Waals surface area contributed by atoms with Gasteiger partial charge >= 0.3 is 0 Å². The number of nitrogens with zero attached hydrogens (tertiary/aromatic N) is 1. The van der Waals surface area contributed by atoms with Crippen LogP contribution in [0, 0.1) is 20.8 Å². The van der Waals surface area contributed by atoms with Crippen molar-refractivity contribution in [1.29, 1.82) is 0 Å². The molecule has 3 amide bonds. The van der Waals surface area contributed by atoms with Gasteiger partial charge in [-0.15, -0.1) is 11.3 Å². The first-order valence-corrected chi connectivity index (χ1v) is 9.71. The summed E-state index contributed by atoms with van der Waals surface area (Å²) < 4.78 is 0. The molecule has 1 aromatic heterocycles. The van der Waals surface area contributed by atoms with Gasteiger partial charge in [0.25, 0.3) is 11.1 Å². The van der Waals surface area contributed by atoms with E-state index in [0.717, 1.165) is 38.2 Å². The summed E-state index contributed by atoms with van der Waals surface area (Å²) in [5.74, 6) is -0.827. The van der Waals surface area contributed by atoms with Crippen LogP contribution in [0.5, 0.6) is 0 Å². The van der Waals surface area contributed by atoms with E-state index in [2.05, 4.69) is 5.32 Å². The number of thioether (sulfide) groups is 1. The Morgan fingerprint density at radius 3 is 2.54 bits per heavy atom. The minimum atomic E-state index is -0.428. The molecule has 2 heterocycles. The molecule has 0 aliphatic carbocycles. The molecule has 0 saturated carbocycles. The van der Waals surface area contributed by atoms with Crippen LogP contribution >= 0.6 is 23.1 Å². The highest BCUT2D eigenvalue weighted by Crippen LogP contribution is 2.33. The van der Waals surface area contributed by atoms with Crippen molar-refractivity contribution in [2.75, 3.05) is 11.9 Å². The van der Waals surface area contributed by atoms with Gasteiger partial charge in [0, 0.05) is 10.6 Å². The molecule has 0 spiro atoms. The molecule has 2 aromatic rings. The Kier molecular flexibility index (Phi) is 5.29. The van der Waals surface area contributed by atoms with Crippen molar-refractivity contribution in [3.8, 4) is 0 Å². The molecule has 1 fully saturated rings. The van der Waals surface area contributed by atoms with Crippen LogP contribution in [0.4, 0.5) is 10.5 Å². The summed E-state index contributed by atoms with van der Waals surface area (Å²) in [5, 5.41) is 4.24. The Morgan fingerprint density at radius 2 is 1.88 bits per heavy atom. The van der Waals surface area contributed by atoms with Gasteiger partial charge in [-0.05, 0) is 78.9 Å². The maximum Gasteiger partial charge on any atom is 0.294 e. The Balaban J connectivity index is 1.69. The molecular weight excluding hydrogens is 368 g/mol. The summed E-state index contributed by atoms with van der Waals surface area (Å²) in [6.45, 7) is 5.60. The Hall–Kier alpha value is -2.38. The number of aryl methyl sites for hydroxylation is 3. The standard InChI is InChI=1S/C19H18N2O3S2/c1-11-4-5-14(8-13(11)3)20-17(22)10-21-18(23)16(26-19(21)24)9-15-12(2)6-7-25-15/h4-9H,10H2,1-3H3,(H,20,22)/b16-9+. The maximum absolute atomic E-state index is 12.5. The molecule has 0 bridgehead atoms. The number of thiophene rings is 1. The average Bonchev–Trinajstić information content (AvgIpc) is 3.10. The van der Waals surface area contributed by atoms with Crippen LogP contribution in [-0.2, 0) is 9.59 Å². The van der Waals surface area contributed by atoms with Crippen LogP contribution in [-0.4, -0.2) is 28.5 Å². The second-order valence-corrected chi connectivity index (χ2v) is 8.02. The van der Waals surface area contributed by atoms with Crippen LogP contribution in [0.2, 0.25) is 0 Å². The molecule has 26 heavy (non-hydrogen) atoms. The lowest BCUT2D eigenvalue weighted by Gasteiger charge is -2.13. The van der Waals surface area contributed by atoms with E-state index >= 15 is 0 Å². The quantitative estimate of drug-likeness (QED) is 0.794. The van der Waals surface area contributed by atoms with Gasteiger partial charge in [0.05, 0.1) is 4.91 Å². The molecule has 5 nitrogen and oxygen atoms in total. The van der Waals surface area contributed by atoms with E-state index in [1.807, 2.05) is 44.4 Å². The first-order valence-electron chi connectivity index (χ1n) is 8.01. The molecule has 0 radical (unpaired) electrons. The predicted octanol–water partition coefficient (Wildman–Crippen LogP) is 4.35. The van der Waals surface area contributed by atoms with Gasteiger partial charge in [0.2, 0.25) is 5.91 Å². The number of nitrogens with one attached hydrogen (secondary N) is 1. The van der Waals surface area contributed by atoms with Gasteiger partial charge in [0.15, 0.2) is 0 Å². The molecule has 3 rings (SSSR count). The van der Waals surface area contributed by atoms with E-state index in [9.17, 15) is 14.4 Å². The fourth-order valence-electron chi connectivity index (χ4n) is 2.45. The SMILES string of the molecule is Cc1ccc(NC(=O)CN2C(=O)S/C(=C/c3sccc3C)C2=O)cc1C. The van der Waals surface area contributed by atoms with Gasteiger partial charge < -0.3 is 5.32 Å². The van der Waals surface area contributed by atoms with Crippen molar-refractivity contribution >= 4 is 51.9 Å². The maximum atomic E-state index is 12.5. The third-order valence-corrected chi connectivity index (χ3v) is 6.00. The molecule has 1 N–H and O–H groups in total. The molecule has 1 saturated heterocycles. The van der Waals surface area contributed by atoms with Gasteiger partial charge in [-0.2, -0.15) is 0 Å². The van der Waals surface area contributed by atoms with Gasteiger partial charge in [-0.3, -0.25) is 19.3 Å². The summed E-state index contributed by atoms with van der Waals surface area (Å²) in [6, 6.07) is 7.53. The number of rotatable bonds is 4. The van der Waals surface area contributed by atoms with Crippen molar-refractivity contribution in [3.05, 3.63) is 56.1 Å². The summed E-state index contributed by atoms with van der Waals surface area (Å²) in [4.78, 5) is 39.1. The number of hydrogen-bond acceptors (Lipinski definition) is 5. The summed E-state index contributed by atoms with van der Waals surface area (Å²) in [5.41, 5.74) is 3.88. The highest BCUT2D eigenvalue weighted by atomic mass is 32.2. The van der Waals surface area contributed by atoms with Crippen molar-refractivity contribution < 1.29 is 14.4 Å². The predicted molar refractivity (Wildman–Crippen MR) is 106 cm³/mol. The summed E-state index contributed by atoms with van der Waals surface area (Å²) in [7, 11) is 0. The monoisotopic (exact) mass is 386 g/mol. The number of benzene rings is 1. The minimum absolute atomic E-state index is 0.293. The molecular formula is C19H18N2O3S2. The van der Waals surface area contributed by atoms with Gasteiger partial charge in [0.1, 0.15) is 6.54 Å². The van der Waals surface area contributed by atoms with Crippen molar-refractivity contribution in [2.45, 2.75) is 20.8 Å². The molecule has 1 aromatic carbocycles. The Morgan fingerprint density at radius 1 is 1.12 bits per heavy atom. The van der Waals surface area contributed by atoms with Crippen LogP contribution in [0.3, 0.4) is 0 Å².